The quantitative estimate of drug-likeness (QED) is 0.779. The van der Waals surface area contributed by atoms with E-state index in [-0.39, 0.29) is 12.5 Å². The van der Waals surface area contributed by atoms with Crippen LogP contribution in [0.15, 0.2) is 24.3 Å². The third-order valence-electron chi connectivity index (χ3n) is 3.23. The van der Waals surface area contributed by atoms with Crippen molar-refractivity contribution in [2.24, 2.45) is 0 Å². The normalized spacial score (nSPS) is 11.7. The predicted molar refractivity (Wildman–Crippen MR) is 78.2 cm³/mol. The van der Waals surface area contributed by atoms with Crippen LogP contribution < -0.4 is 0 Å². The fourth-order valence-corrected chi connectivity index (χ4v) is 2.51. The fourth-order valence-electron chi connectivity index (χ4n) is 2.24. The Balaban J connectivity index is 2.18. The van der Waals surface area contributed by atoms with Gasteiger partial charge in [0, 0.05) is 5.56 Å². The number of aromatic amines is 1. The first-order valence-electron chi connectivity index (χ1n) is 6.45. The molecule has 0 amide bonds. The van der Waals surface area contributed by atoms with Crippen LogP contribution in [0.4, 0.5) is 0 Å². The number of fused-ring (bicyclic) bond motifs is 1. The number of nitrogens with zero attached hydrogens (tertiary/aromatic N) is 3. The lowest BCUT2D eigenvalue weighted by Gasteiger charge is -2.01. The molecule has 6 heteroatoms. The molecule has 0 aliphatic heterocycles. The second-order valence-electron chi connectivity index (χ2n) is 4.96. The SMILES string of the molecule is CC(C)c1nn(-c2nc3ccccc3[nH]2)c(Cl)c1CO. The molecule has 2 N–H and O–H groups in total. The van der Waals surface area contributed by atoms with Gasteiger partial charge in [-0.1, -0.05) is 37.6 Å². The second kappa shape index (κ2) is 4.92. The molecule has 104 valence electrons. The minimum absolute atomic E-state index is 0.132. The van der Waals surface area contributed by atoms with E-state index in [0.29, 0.717) is 16.7 Å². The summed E-state index contributed by atoms with van der Waals surface area (Å²) in [4.78, 5) is 7.65. The summed E-state index contributed by atoms with van der Waals surface area (Å²) < 4.78 is 1.54. The third kappa shape index (κ3) is 1.99. The Kier molecular flexibility index (Phi) is 3.23. The maximum Gasteiger partial charge on any atom is 0.230 e. The minimum atomic E-state index is -0.132. The Labute approximate surface area is 121 Å². The molecular formula is C14H15ClN4O. The van der Waals surface area contributed by atoms with Crippen molar-refractivity contribution in [3.8, 4) is 5.95 Å². The number of nitrogens with one attached hydrogen (secondary N) is 1. The highest BCUT2D eigenvalue weighted by Crippen LogP contribution is 2.28. The van der Waals surface area contributed by atoms with Gasteiger partial charge in [0.25, 0.3) is 0 Å². The summed E-state index contributed by atoms with van der Waals surface area (Å²) in [6, 6.07) is 7.73. The van der Waals surface area contributed by atoms with E-state index in [9.17, 15) is 5.11 Å². The van der Waals surface area contributed by atoms with E-state index in [1.54, 1.807) is 4.68 Å². The molecule has 0 radical (unpaired) electrons. The van der Waals surface area contributed by atoms with E-state index in [4.69, 9.17) is 11.6 Å². The van der Waals surface area contributed by atoms with Crippen LogP contribution in [0.25, 0.3) is 17.0 Å². The number of H-pyrrole nitrogens is 1. The number of hydrogen-bond donors (Lipinski definition) is 2. The highest BCUT2D eigenvalue weighted by molar-refractivity contribution is 6.30. The van der Waals surface area contributed by atoms with Crippen molar-refractivity contribution in [1.29, 1.82) is 0 Å². The molecular weight excluding hydrogens is 276 g/mol. The molecule has 5 nitrogen and oxygen atoms in total. The predicted octanol–water partition coefficient (Wildman–Crippen LogP) is 3.02. The van der Waals surface area contributed by atoms with Crippen molar-refractivity contribution in [2.45, 2.75) is 26.4 Å². The highest BCUT2D eigenvalue weighted by atomic mass is 35.5. The number of imidazole rings is 1. The van der Waals surface area contributed by atoms with Crippen LogP contribution >= 0.6 is 11.6 Å². The van der Waals surface area contributed by atoms with Crippen molar-refractivity contribution in [3.05, 3.63) is 40.7 Å². The maximum atomic E-state index is 9.48. The molecule has 2 aromatic heterocycles. The average Bonchev–Trinajstić information content (AvgIpc) is 2.98. The first kappa shape index (κ1) is 13.1. The number of aliphatic hydroxyl groups is 1. The van der Waals surface area contributed by atoms with E-state index in [1.807, 2.05) is 38.1 Å². The first-order chi connectivity index (χ1) is 9.61. The van der Waals surface area contributed by atoms with Gasteiger partial charge in [0.1, 0.15) is 5.15 Å². The molecule has 0 fully saturated rings. The molecule has 0 spiro atoms. The molecule has 20 heavy (non-hydrogen) atoms. The van der Waals surface area contributed by atoms with Gasteiger partial charge in [0.15, 0.2) is 0 Å². The Morgan fingerprint density at radius 1 is 1.35 bits per heavy atom. The van der Waals surface area contributed by atoms with Gasteiger partial charge in [-0.3, -0.25) is 0 Å². The van der Waals surface area contributed by atoms with Crippen molar-refractivity contribution >= 4 is 22.6 Å². The zero-order valence-electron chi connectivity index (χ0n) is 11.3. The summed E-state index contributed by atoms with van der Waals surface area (Å²) in [5, 5.41) is 14.4. The van der Waals surface area contributed by atoms with Crippen molar-refractivity contribution < 1.29 is 5.11 Å². The zero-order valence-corrected chi connectivity index (χ0v) is 12.0. The Hall–Kier alpha value is -1.85. The minimum Gasteiger partial charge on any atom is -0.391 e. The molecule has 0 bridgehead atoms. The smallest absolute Gasteiger partial charge is 0.230 e. The van der Waals surface area contributed by atoms with Gasteiger partial charge in [-0.25, -0.2) is 4.98 Å². The molecule has 3 rings (SSSR count). The molecule has 0 unspecified atom stereocenters. The van der Waals surface area contributed by atoms with Crippen LogP contribution in [0.3, 0.4) is 0 Å². The fraction of sp³-hybridized carbons (Fsp3) is 0.286. The van der Waals surface area contributed by atoms with E-state index < -0.39 is 0 Å². The molecule has 0 aliphatic rings. The average molecular weight is 291 g/mol. The lowest BCUT2D eigenvalue weighted by atomic mass is 10.1. The molecule has 0 saturated carbocycles. The van der Waals surface area contributed by atoms with Crippen molar-refractivity contribution in [2.75, 3.05) is 0 Å². The van der Waals surface area contributed by atoms with Gasteiger partial charge in [-0.15, -0.1) is 0 Å². The number of para-hydroxylation sites is 2. The Morgan fingerprint density at radius 2 is 2.10 bits per heavy atom. The van der Waals surface area contributed by atoms with E-state index in [2.05, 4.69) is 15.1 Å². The van der Waals surface area contributed by atoms with Gasteiger partial charge in [0.05, 0.1) is 23.3 Å². The van der Waals surface area contributed by atoms with E-state index >= 15 is 0 Å². The molecule has 0 atom stereocenters. The van der Waals surface area contributed by atoms with Gasteiger partial charge in [0.2, 0.25) is 5.95 Å². The highest BCUT2D eigenvalue weighted by Gasteiger charge is 2.20. The van der Waals surface area contributed by atoms with Gasteiger partial charge < -0.3 is 10.1 Å². The molecule has 3 aromatic rings. The third-order valence-corrected chi connectivity index (χ3v) is 3.62. The Bertz CT molecular complexity index is 727. The summed E-state index contributed by atoms with van der Waals surface area (Å²) in [5.74, 6) is 0.734. The van der Waals surface area contributed by atoms with Crippen LogP contribution in [-0.4, -0.2) is 24.9 Å². The number of halogens is 1. The number of aromatic nitrogens is 4. The topological polar surface area (TPSA) is 66.7 Å². The van der Waals surface area contributed by atoms with Crippen molar-refractivity contribution in [1.82, 2.24) is 19.7 Å². The molecule has 0 saturated heterocycles. The summed E-state index contributed by atoms with van der Waals surface area (Å²) in [6.07, 6.45) is 0. The molecule has 0 aliphatic carbocycles. The summed E-state index contributed by atoms with van der Waals surface area (Å²) in [5.41, 5.74) is 3.22. The van der Waals surface area contributed by atoms with Crippen LogP contribution in [0.5, 0.6) is 0 Å². The summed E-state index contributed by atoms with van der Waals surface area (Å²) >= 11 is 6.32. The van der Waals surface area contributed by atoms with E-state index in [0.717, 1.165) is 16.7 Å². The Morgan fingerprint density at radius 3 is 2.70 bits per heavy atom. The van der Waals surface area contributed by atoms with Crippen LogP contribution in [0, 0.1) is 0 Å². The lowest BCUT2D eigenvalue weighted by molar-refractivity contribution is 0.280. The number of hydrogen-bond acceptors (Lipinski definition) is 3. The molecule has 2 heterocycles. The van der Waals surface area contributed by atoms with Crippen LogP contribution in [0.1, 0.15) is 31.0 Å². The monoisotopic (exact) mass is 290 g/mol. The second-order valence-corrected chi connectivity index (χ2v) is 5.31. The van der Waals surface area contributed by atoms with Crippen LogP contribution in [0.2, 0.25) is 5.15 Å². The zero-order chi connectivity index (χ0) is 14.3. The van der Waals surface area contributed by atoms with E-state index in [1.165, 1.54) is 0 Å². The number of benzene rings is 1. The number of rotatable bonds is 3. The van der Waals surface area contributed by atoms with Gasteiger partial charge in [-0.05, 0) is 18.1 Å². The molecule has 1 aromatic carbocycles. The van der Waals surface area contributed by atoms with Gasteiger partial charge >= 0.3 is 0 Å². The largest absolute Gasteiger partial charge is 0.391 e. The van der Waals surface area contributed by atoms with Crippen LogP contribution in [-0.2, 0) is 6.61 Å². The first-order valence-corrected chi connectivity index (χ1v) is 6.83. The lowest BCUT2D eigenvalue weighted by Crippen LogP contribution is -2.00. The standard InChI is InChI=1S/C14H15ClN4O/c1-8(2)12-9(7-20)13(15)19(18-12)14-16-10-5-3-4-6-11(10)17-14/h3-6,8,20H,7H2,1-2H3,(H,16,17). The van der Waals surface area contributed by atoms with Gasteiger partial charge in [-0.2, -0.15) is 9.78 Å². The summed E-state index contributed by atoms with van der Waals surface area (Å²) in [6.45, 7) is 3.90. The van der Waals surface area contributed by atoms with Crippen molar-refractivity contribution in [3.63, 3.8) is 0 Å². The number of aliphatic hydroxyl groups excluding tert-OH is 1. The summed E-state index contributed by atoms with van der Waals surface area (Å²) in [7, 11) is 0. The maximum absolute atomic E-state index is 9.48.